The maximum Gasteiger partial charge on any atom is 0.226 e. The number of hydrogen-bond donors (Lipinski definition) is 1. The number of amides is 1. The highest BCUT2D eigenvalue weighted by Crippen LogP contribution is 2.28. The van der Waals surface area contributed by atoms with Gasteiger partial charge in [-0.3, -0.25) is 4.79 Å². The van der Waals surface area contributed by atoms with Crippen LogP contribution in [0.25, 0.3) is 0 Å². The Morgan fingerprint density at radius 1 is 1.24 bits per heavy atom. The molecule has 1 aromatic carbocycles. The van der Waals surface area contributed by atoms with Gasteiger partial charge < -0.3 is 14.3 Å². The smallest absolute Gasteiger partial charge is 0.226 e. The Balaban J connectivity index is 1.71. The van der Waals surface area contributed by atoms with Gasteiger partial charge in [0.25, 0.3) is 0 Å². The first-order valence-corrected chi connectivity index (χ1v) is 10.5. The van der Waals surface area contributed by atoms with Crippen molar-refractivity contribution < 1.29 is 9.21 Å². The van der Waals surface area contributed by atoms with Gasteiger partial charge in [0.1, 0.15) is 17.6 Å². The fourth-order valence-electron chi connectivity index (χ4n) is 3.20. The molecule has 0 bridgehead atoms. The SMILES string of the molecule is Cc1ccc(C)c(SCCC(=O)Nc2c(C#N)c(C)c(C)n2Cc2ccco2)c1. The van der Waals surface area contributed by atoms with Gasteiger partial charge in [-0.15, -0.1) is 11.8 Å². The van der Waals surface area contributed by atoms with Gasteiger partial charge in [-0.25, -0.2) is 0 Å². The summed E-state index contributed by atoms with van der Waals surface area (Å²) in [5.41, 5.74) is 4.75. The number of nitrogens with zero attached hydrogens (tertiary/aromatic N) is 2. The van der Waals surface area contributed by atoms with Gasteiger partial charge in [0.15, 0.2) is 0 Å². The lowest BCUT2D eigenvalue weighted by atomic mass is 10.2. The van der Waals surface area contributed by atoms with Gasteiger partial charge in [0, 0.05) is 22.8 Å². The number of nitriles is 1. The molecular weight excluding hydrogens is 382 g/mol. The standard InChI is InChI=1S/C23H25N3O2S/c1-15-7-8-16(2)21(12-15)29-11-9-22(27)25-23-20(13-24)17(3)18(4)26(23)14-19-6-5-10-28-19/h5-8,10,12H,9,11,14H2,1-4H3,(H,25,27). The number of thioether (sulfide) groups is 1. The number of aromatic nitrogens is 1. The predicted molar refractivity (Wildman–Crippen MR) is 116 cm³/mol. The largest absolute Gasteiger partial charge is 0.467 e. The Morgan fingerprint density at radius 2 is 2.03 bits per heavy atom. The van der Waals surface area contributed by atoms with Crippen LogP contribution in [-0.2, 0) is 11.3 Å². The fourth-order valence-corrected chi connectivity index (χ4v) is 4.27. The molecule has 2 aromatic heterocycles. The lowest BCUT2D eigenvalue weighted by molar-refractivity contribution is -0.115. The van der Waals surface area contributed by atoms with Crippen molar-refractivity contribution in [2.24, 2.45) is 0 Å². The summed E-state index contributed by atoms with van der Waals surface area (Å²) in [6.07, 6.45) is 1.99. The minimum absolute atomic E-state index is 0.0995. The first-order chi connectivity index (χ1) is 13.9. The summed E-state index contributed by atoms with van der Waals surface area (Å²) >= 11 is 1.68. The van der Waals surface area contributed by atoms with E-state index >= 15 is 0 Å². The Morgan fingerprint density at radius 3 is 2.72 bits per heavy atom. The van der Waals surface area contributed by atoms with E-state index in [4.69, 9.17) is 4.42 Å². The number of carbonyl (C=O) groups is 1. The van der Waals surface area contributed by atoms with Crippen LogP contribution in [-0.4, -0.2) is 16.2 Å². The van der Waals surface area contributed by atoms with Gasteiger partial charge in [0.05, 0.1) is 18.4 Å². The summed E-state index contributed by atoms with van der Waals surface area (Å²) in [6, 6.07) is 12.3. The van der Waals surface area contributed by atoms with Crippen molar-refractivity contribution in [1.29, 1.82) is 5.26 Å². The van der Waals surface area contributed by atoms with E-state index in [-0.39, 0.29) is 5.91 Å². The number of rotatable bonds is 7. The molecule has 0 atom stereocenters. The summed E-state index contributed by atoms with van der Waals surface area (Å²) in [5, 5.41) is 12.6. The lowest BCUT2D eigenvalue weighted by Gasteiger charge is -2.12. The highest BCUT2D eigenvalue weighted by Gasteiger charge is 2.20. The summed E-state index contributed by atoms with van der Waals surface area (Å²) in [4.78, 5) is 13.8. The predicted octanol–water partition coefficient (Wildman–Crippen LogP) is 5.36. The van der Waals surface area contributed by atoms with Crippen LogP contribution in [0.2, 0.25) is 0 Å². The Hall–Kier alpha value is -2.91. The maximum absolute atomic E-state index is 12.6. The second-order valence-electron chi connectivity index (χ2n) is 7.13. The highest BCUT2D eigenvalue weighted by molar-refractivity contribution is 7.99. The zero-order valence-electron chi connectivity index (χ0n) is 17.2. The van der Waals surface area contributed by atoms with Crippen molar-refractivity contribution in [2.45, 2.75) is 45.6 Å². The van der Waals surface area contributed by atoms with Gasteiger partial charge in [-0.05, 0) is 57.0 Å². The summed E-state index contributed by atoms with van der Waals surface area (Å²) < 4.78 is 7.38. The Labute approximate surface area is 175 Å². The van der Waals surface area contributed by atoms with Crippen LogP contribution < -0.4 is 5.32 Å². The summed E-state index contributed by atoms with van der Waals surface area (Å²) in [7, 11) is 0. The van der Waals surface area contributed by atoms with E-state index in [2.05, 4.69) is 43.4 Å². The molecule has 0 aliphatic heterocycles. The molecule has 6 heteroatoms. The third kappa shape index (κ3) is 4.75. The molecule has 1 N–H and O–H groups in total. The van der Waals surface area contributed by atoms with Crippen molar-refractivity contribution in [3.8, 4) is 6.07 Å². The van der Waals surface area contributed by atoms with Gasteiger partial charge in [-0.1, -0.05) is 17.7 Å². The summed E-state index contributed by atoms with van der Waals surface area (Å²) in [6.45, 7) is 8.46. The first-order valence-electron chi connectivity index (χ1n) is 9.52. The third-order valence-electron chi connectivity index (χ3n) is 5.02. The lowest BCUT2D eigenvalue weighted by Crippen LogP contribution is -2.17. The molecule has 0 saturated heterocycles. The number of aryl methyl sites for hydroxylation is 2. The van der Waals surface area contributed by atoms with E-state index < -0.39 is 0 Å². The molecular formula is C23H25N3O2S. The molecule has 3 rings (SSSR count). The Kier molecular flexibility index (Phi) is 6.50. The number of benzene rings is 1. The normalized spacial score (nSPS) is 10.7. The van der Waals surface area contributed by atoms with E-state index in [0.29, 0.717) is 30.1 Å². The molecule has 0 aliphatic rings. The molecule has 0 radical (unpaired) electrons. The van der Waals surface area contributed by atoms with E-state index in [1.165, 1.54) is 16.0 Å². The number of nitrogens with one attached hydrogen (secondary N) is 1. The maximum atomic E-state index is 12.6. The zero-order valence-corrected chi connectivity index (χ0v) is 18.0. The van der Waals surface area contributed by atoms with Gasteiger partial charge >= 0.3 is 0 Å². The van der Waals surface area contributed by atoms with Crippen LogP contribution in [0.3, 0.4) is 0 Å². The van der Waals surface area contributed by atoms with Crippen LogP contribution in [0.5, 0.6) is 0 Å². The van der Waals surface area contributed by atoms with Crippen LogP contribution >= 0.6 is 11.8 Å². The fraction of sp³-hybridized carbons (Fsp3) is 0.304. The van der Waals surface area contributed by atoms with Crippen LogP contribution in [0.15, 0.2) is 45.9 Å². The summed E-state index contributed by atoms with van der Waals surface area (Å²) in [5.74, 6) is 1.89. The van der Waals surface area contributed by atoms with Crippen molar-refractivity contribution >= 4 is 23.5 Å². The van der Waals surface area contributed by atoms with E-state index in [9.17, 15) is 10.1 Å². The average molecular weight is 408 g/mol. The monoisotopic (exact) mass is 407 g/mol. The van der Waals surface area contributed by atoms with Crippen LogP contribution in [0.1, 0.15) is 40.1 Å². The first kappa shape index (κ1) is 20.8. The third-order valence-corrected chi connectivity index (χ3v) is 6.18. The molecule has 2 heterocycles. The average Bonchev–Trinajstić information content (AvgIpc) is 3.28. The molecule has 1 amide bonds. The van der Waals surface area contributed by atoms with Crippen molar-refractivity contribution in [3.63, 3.8) is 0 Å². The van der Waals surface area contributed by atoms with E-state index in [1.54, 1.807) is 18.0 Å². The number of carbonyl (C=O) groups excluding carboxylic acids is 1. The highest BCUT2D eigenvalue weighted by atomic mass is 32.2. The van der Waals surface area contributed by atoms with Crippen LogP contribution in [0, 0.1) is 39.0 Å². The van der Waals surface area contributed by atoms with Crippen molar-refractivity contribution in [2.75, 3.05) is 11.1 Å². The second-order valence-corrected chi connectivity index (χ2v) is 8.26. The molecule has 29 heavy (non-hydrogen) atoms. The molecule has 0 aliphatic carbocycles. The Bertz CT molecular complexity index is 1060. The van der Waals surface area contributed by atoms with E-state index in [0.717, 1.165) is 17.0 Å². The van der Waals surface area contributed by atoms with Crippen molar-refractivity contribution in [3.05, 3.63) is 70.3 Å². The molecule has 3 aromatic rings. The second kappa shape index (κ2) is 9.06. The molecule has 0 fully saturated rings. The molecule has 0 saturated carbocycles. The number of anilines is 1. The van der Waals surface area contributed by atoms with Gasteiger partial charge in [-0.2, -0.15) is 5.26 Å². The molecule has 5 nitrogen and oxygen atoms in total. The minimum Gasteiger partial charge on any atom is -0.467 e. The molecule has 0 unspecified atom stereocenters. The van der Waals surface area contributed by atoms with Crippen molar-refractivity contribution in [1.82, 2.24) is 4.57 Å². The topological polar surface area (TPSA) is 71.0 Å². The number of furan rings is 1. The molecule has 0 spiro atoms. The number of hydrogen-bond acceptors (Lipinski definition) is 4. The zero-order chi connectivity index (χ0) is 21.0. The van der Waals surface area contributed by atoms with E-state index in [1.807, 2.05) is 30.5 Å². The molecule has 150 valence electrons. The van der Waals surface area contributed by atoms with Gasteiger partial charge in [0.2, 0.25) is 5.91 Å². The van der Waals surface area contributed by atoms with Crippen LogP contribution in [0.4, 0.5) is 5.82 Å². The quantitative estimate of drug-likeness (QED) is 0.536. The minimum atomic E-state index is -0.0995.